The van der Waals surface area contributed by atoms with E-state index in [4.69, 9.17) is 4.74 Å². The van der Waals surface area contributed by atoms with E-state index in [2.05, 4.69) is 10.6 Å². The summed E-state index contributed by atoms with van der Waals surface area (Å²) >= 11 is 0. The van der Waals surface area contributed by atoms with Gasteiger partial charge in [0.2, 0.25) is 5.91 Å². The number of rotatable bonds is 6. The van der Waals surface area contributed by atoms with E-state index in [0.717, 1.165) is 23.1 Å². The molecular formula is C17H26N2O4S. The highest BCUT2D eigenvalue weighted by molar-refractivity contribution is 7.92. The molecule has 0 aliphatic carbocycles. The topological polar surface area (TPSA) is 84.5 Å². The molecule has 1 saturated heterocycles. The van der Waals surface area contributed by atoms with Gasteiger partial charge in [-0.1, -0.05) is 18.2 Å². The maximum absolute atomic E-state index is 12.5. The van der Waals surface area contributed by atoms with Crippen molar-refractivity contribution in [3.63, 3.8) is 0 Å². The van der Waals surface area contributed by atoms with Crippen molar-refractivity contribution in [1.82, 2.24) is 10.6 Å². The zero-order valence-electron chi connectivity index (χ0n) is 14.5. The number of aryl methyl sites for hydroxylation is 2. The molecule has 1 heterocycles. The molecule has 1 aromatic rings. The fourth-order valence-electron chi connectivity index (χ4n) is 3.10. The van der Waals surface area contributed by atoms with E-state index in [0.29, 0.717) is 32.5 Å². The molecule has 7 heteroatoms. The second-order valence-electron chi connectivity index (χ2n) is 6.34. The first-order valence-corrected chi connectivity index (χ1v) is 10.0. The van der Waals surface area contributed by atoms with E-state index >= 15 is 0 Å². The summed E-state index contributed by atoms with van der Waals surface area (Å²) in [6, 6.07) is 5.90. The van der Waals surface area contributed by atoms with Crippen molar-refractivity contribution in [2.24, 2.45) is 0 Å². The lowest BCUT2D eigenvalue weighted by Gasteiger charge is -2.34. The minimum absolute atomic E-state index is 0.275. The number of para-hydroxylation sites is 1. The third-order valence-corrected chi connectivity index (χ3v) is 6.59. The molecule has 2 N–H and O–H groups in total. The van der Waals surface area contributed by atoms with E-state index in [9.17, 15) is 13.2 Å². The number of amides is 1. The highest BCUT2D eigenvalue weighted by Gasteiger charge is 2.48. The van der Waals surface area contributed by atoms with Crippen LogP contribution in [-0.2, 0) is 14.6 Å². The van der Waals surface area contributed by atoms with E-state index < -0.39 is 20.5 Å². The summed E-state index contributed by atoms with van der Waals surface area (Å²) in [5.41, 5.74) is 2.07. The van der Waals surface area contributed by atoms with Gasteiger partial charge in [-0.3, -0.25) is 4.79 Å². The molecule has 2 rings (SSSR count). The van der Waals surface area contributed by atoms with Crippen LogP contribution in [0, 0.1) is 13.8 Å². The molecule has 134 valence electrons. The maximum Gasteiger partial charge on any atom is 0.241 e. The Morgan fingerprint density at radius 3 is 2.38 bits per heavy atom. The molecule has 0 aromatic heterocycles. The number of nitrogens with one attached hydrogen (secondary N) is 2. The molecule has 0 radical (unpaired) electrons. The lowest BCUT2D eigenvalue weighted by Crippen LogP contribution is -2.57. The number of hydrogen-bond acceptors (Lipinski definition) is 5. The predicted molar refractivity (Wildman–Crippen MR) is 94.1 cm³/mol. The Bertz CT molecular complexity index is 674. The molecule has 1 aliphatic heterocycles. The molecule has 0 saturated carbocycles. The number of sulfone groups is 1. The summed E-state index contributed by atoms with van der Waals surface area (Å²) in [4.78, 5) is 12.5. The molecule has 0 atom stereocenters. The quantitative estimate of drug-likeness (QED) is 0.744. The van der Waals surface area contributed by atoms with Crippen LogP contribution in [0.25, 0.3) is 0 Å². The van der Waals surface area contributed by atoms with Gasteiger partial charge in [0.25, 0.3) is 0 Å². The van der Waals surface area contributed by atoms with Crippen molar-refractivity contribution >= 4 is 15.7 Å². The van der Waals surface area contributed by atoms with Gasteiger partial charge >= 0.3 is 0 Å². The van der Waals surface area contributed by atoms with Crippen LogP contribution in [0.15, 0.2) is 18.2 Å². The van der Waals surface area contributed by atoms with Crippen molar-refractivity contribution < 1.29 is 17.9 Å². The average Bonchev–Trinajstić information content (AvgIpc) is 2.53. The molecule has 1 aromatic carbocycles. The zero-order chi connectivity index (χ0) is 17.8. The minimum Gasteiger partial charge on any atom is -0.491 e. The fraction of sp³-hybridized carbons (Fsp3) is 0.588. The third-order valence-electron chi connectivity index (χ3n) is 4.58. The molecule has 1 amide bonds. The van der Waals surface area contributed by atoms with Gasteiger partial charge < -0.3 is 15.4 Å². The Balaban J connectivity index is 1.95. The Labute approximate surface area is 143 Å². The van der Waals surface area contributed by atoms with Gasteiger partial charge in [0, 0.05) is 6.26 Å². The Morgan fingerprint density at radius 1 is 1.25 bits per heavy atom. The van der Waals surface area contributed by atoms with Crippen molar-refractivity contribution in [1.29, 1.82) is 0 Å². The molecule has 24 heavy (non-hydrogen) atoms. The first-order chi connectivity index (χ1) is 11.3. The van der Waals surface area contributed by atoms with Crippen LogP contribution in [0.4, 0.5) is 0 Å². The Hall–Kier alpha value is -1.60. The van der Waals surface area contributed by atoms with Crippen LogP contribution in [-0.4, -0.2) is 51.6 Å². The molecule has 0 unspecified atom stereocenters. The van der Waals surface area contributed by atoms with E-state index in [1.54, 1.807) is 0 Å². The molecule has 0 spiro atoms. The van der Waals surface area contributed by atoms with Gasteiger partial charge in [0.05, 0.1) is 6.54 Å². The number of piperidine rings is 1. The van der Waals surface area contributed by atoms with Gasteiger partial charge in [0.15, 0.2) is 14.6 Å². The van der Waals surface area contributed by atoms with Crippen LogP contribution in [0.3, 0.4) is 0 Å². The number of carbonyl (C=O) groups is 1. The van der Waals surface area contributed by atoms with Crippen LogP contribution in [0.1, 0.15) is 24.0 Å². The monoisotopic (exact) mass is 354 g/mol. The van der Waals surface area contributed by atoms with Crippen molar-refractivity contribution in [3.05, 3.63) is 29.3 Å². The summed E-state index contributed by atoms with van der Waals surface area (Å²) in [6.45, 7) is 5.56. The van der Waals surface area contributed by atoms with Crippen LogP contribution < -0.4 is 15.4 Å². The summed E-state index contributed by atoms with van der Waals surface area (Å²) in [6.07, 6.45) is 1.75. The predicted octanol–water partition coefficient (Wildman–Crippen LogP) is 0.965. The molecular weight excluding hydrogens is 328 g/mol. The van der Waals surface area contributed by atoms with Crippen molar-refractivity contribution in [2.45, 2.75) is 31.4 Å². The van der Waals surface area contributed by atoms with Gasteiger partial charge in [-0.2, -0.15) is 0 Å². The number of hydrogen-bond donors (Lipinski definition) is 2. The largest absolute Gasteiger partial charge is 0.491 e. The Morgan fingerprint density at radius 2 is 1.83 bits per heavy atom. The summed E-state index contributed by atoms with van der Waals surface area (Å²) < 4.78 is 28.8. The Kier molecular flexibility index (Phi) is 5.87. The van der Waals surface area contributed by atoms with Crippen LogP contribution >= 0.6 is 0 Å². The van der Waals surface area contributed by atoms with E-state index in [-0.39, 0.29) is 6.54 Å². The average molecular weight is 354 g/mol. The van der Waals surface area contributed by atoms with Crippen LogP contribution in [0.5, 0.6) is 5.75 Å². The standard InChI is InChI=1S/C17H26N2O4S/c1-13-5-4-6-14(2)15(13)23-12-11-19-16(20)17(24(3,21)22)7-9-18-10-8-17/h4-6,18H,7-12H2,1-3H3,(H,19,20). The SMILES string of the molecule is Cc1cccc(C)c1OCCNC(=O)C1(S(C)(=O)=O)CCNCC1. The van der Waals surface area contributed by atoms with E-state index in [1.807, 2.05) is 32.0 Å². The van der Waals surface area contributed by atoms with Gasteiger partial charge in [-0.25, -0.2) is 8.42 Å². The fourth-order valence-corrected chi connectivity index (χ4v) is 4.46. The number of carbonyl (C=O) groups excluding carboxylic acids is 1. The zero-order valence-corrected chi connectivity index (χ0v) is 15.3. The second kappa shape index (κ2) is 7.53. The summed E-state index contributed by atoms with van der Waals surface area (Å²) in [7, 11) is -3.48. The first kappa shape index (κ1) is 18.7. The summed E-state index contributed by atoms with van der Waals surface area (Å²) in [5, 5.41) is 5.84. The third kappa shape index (κ3) is 3.89. The highest BCUT2D eigenvalue weighted by atomic mass is 32.2. The lowest BCUT2D eigenvalue weighted by atomic mass is 9.96. The summed E-state index contributed by atoms with van der Waals surface area (Å²) in [5.74, 6) is 0.392. The first-order valence-electron chi connectivity index (χ1n) is 8.15. The second-order valence-corrected chi connectivity index (χ2v) is 8.67. The number of ether oxygens (including phenoxy) is 1. The highest BCUT2D eigenvalue weighted by Crippen LogP contribution is 2.28. The lowest BCUT2D eigenvalue weighted by molar-refractivity contribution is -0.124. The minimum atomic E-state index is -3.48. The molecule has 1 fully saturated rings. The molecule has 1 aliphatic rings. The number of benzene rings is 1. The van der Waals surface area contributed by atoms with Gasteiger partial charge in [-0.15, -0.1) is 0 Å². The van der Waals surface area contributed by atoms with E-state index in [1.165, 1.54) is 0 Å². The van der Waals surface area contributed by atoms with Crippen molar-refractivity contribution in [2.75, 3.05) is 32.5 Å². The maximum atomic E-state index is 12.5. The molecule has 0 bridgehead atoms. The smallest absolute Gasteiger partial charge is 0.241 e. The van der Waals surface area contributed by atoms with Crippen LogP contribution in [0.2, 0.25) is 0 Å². The van der Waals surface area contributed by atoms with Gasteiger partial charge in [-0.05, 0) is 50.9 Å². The van der Waals surface area contributed by atoms with Gasteiger partial charge in [0.1, 0.15) is 12.4 Å². The van der Waals surface area contributed by atoms with Crippen molar-refractivity contribution in [3.8, 4) is 5.75 Å². The normalized spacial score (nSPS) is 17.3. The molecule has 6 nitrogen and oxygen atoms in total.